The van der Waals surface area contributed by atoms with E-state index in [0.717, 1.165) is 11.1 Å². The maximum Gasteiger partial charge on any atom is 0.329 e. The van der Waals surface area contributed by atoms with E-state index in [1.54, 1.807) is 12.1 Å². The fraction of sp³-hybridized carbons (Fsp3) is 0.286. The average molecular weight is 351 g/mol. The van der Waals surface area contributed by atoms with E-state index < -0.39 is 23.7 Å². The van der Waals surface area contributed by atoms with Gasteiger partial charge in [0.25, 0.3) is 5.91 Å². The number of carbonyl (C=O) groups is 3. The summed E-state index contributed by atoms with van der Waals surface area (Å²) >= 11 is 0. The van der Waals surface area contributed by atoms with Crippen molar-refractivity contribution in [2.75, 3.05) is 6.54 Å². The monoisotopic (exact) mass is 351 g/mol. The van der Waals surface area contributed by atoms with E-state index in [4.69, 9.17) is 4.74 Å². The van der Waals surface area contributed by atoms with Crippen molar-refractivity contribution in [1.82, 2.24) is 4.90 Å². The van der Waals surface area contributed by atoms with Crippen molar-refractivity contribution in [1.29, 1.82) is 0 Å². The van der Waals surface area contributed by atoms with Crippen molar-refractivity contribution in [3.05, 3.63) is 71.8 Å². The van der Waals surface area contributed by atoms with E-state index in [1.807, 2.05) is 48.5 Å². The predicted molar refractivity (Wildman–Crippen MR) is 96.1 cm³/mol. The highest BCUT2D eigenvalue weighted by Crippen LogP contribution is 2.20. The van der Waals surface area contributed by atoms with Gasteiger partial charge in [-0.2, -0.15) is 0 Å². The first-order valence-electron chi connectivity index (χ1n) is 8.73. The molecule has 1 amide bonds. The molecule has 2 aromatic carbocycles. The second kappa shape index (κ2) is 8.43. The molecule has 1 aliphatic rings. The Hall–Kier alpha value is -2.95. The molecule has 0 aliphatic carbocycles. The summed E-state index contributed by atoms with van der Waals surface area (Å²) in [4.78, 5) is 38.6. The van der Waals surface area contributed by atoms with Crippen molar-refractivity contribution in [3.63, 3.8) is 0 Å². The first kappa shape index (κ1) is 17.9. The van der Waals surface area contributed by atoms with Crippen LogP contribution in [0.3, 0.4) is 0 Å². The van der Waals surface area contributed by atoms with E-state index >= 15 is 0 Å². The van der Waals surface area contributed by atoms with Gasteiger partial charge in [0.05, 0.1) is 0 Å². The van der Waals surface area contributed by atoms with Crippen LogP contribution in [-0.2, 0) is 32.1 Å². The summed E-state index contributed by atoms with van der Waals surface area (Å²) in [6.45, 7) is 0.570. The lowest BCUT2D eigenvalue weighted by molar-refractivity contribution is -0.156. The molecular weight excluding hydrogens is 330 g/mol. The highest BCUT2D eigenvalue weighted by molar-refractivity contribution is 6.36. The average Bonchev–Trinajstić information content (AvgIpc) is 3.17. The molecule has 0 spiro atoms. The topological polar surface area (TPSA) is 63.7 Å². The number of amides is 1. The highest BCUT2D eigenvalue weighted by Gasteiger charge is 2.37. The molecule has 0 saturated carbocycles. The van der Waals surface area contributed by atoms with Crippen molar-refractivity contribution in [2.45, 2.75) is 31.9 Å². The molecule has 1 atom stereocenters. The van der Waals surface area contributed by atoms with Crippen LogP contribution in [0.25, 0.3) is 0 Å². The molecule has 0 bridgehead atoms. The fourth-order valence-corrected chi connectivity index (χ4v) is 3.10. The van der Waals surface area contributed by atoms with Crippen LogP contribution in [0.5, 0.6) is 0 Å². The molecule has 5 heteroatoms. The van der Waals surface area contributed by atoms with Gasteiger partial charge < -0.3 is 9.64 Å². The van der Waals surface area contributed by atoms with E-state index in [-0.39, 0.29) is 13.0 Å². The SMILES string of the molecule is O=C(Cc1ccccc1)C(=O)N1CCC[C@@H]1C(=O)OCc1ccccc1. The first-order valence-corrected chi connectivity index (χ1v) is 8.73. The lowest BCUT2D eigenvalue weighted by Crippen LogP contribution is -2.45. The Bertz CT molecular complexity index is 773. The molecule has 1 fully saturated rings. The van der Waals surface area contributed by atoms with Gasteiger partial charge in [0.1, 0.15) is 12.6 Å². The Morgan fingerprint density at radius 3 is 2.19 bits per heavy atom. The van der Waals surface area contributed by atoms with E-state index in [1.165, 1.54) is 4.90 Å². The third-order valence-corrected chi connectivity index (χ3v) is 4.46. The zero-order valence-electron chi connectivity index (χ0n) is 14.5. The van der Waals surface area contributed by atoms with Gasteiger partial charge in [0, 0.05) is 13.0 Å². The zero-order chi connectivity index (χ0) is 18.4. The molecule has 134 valence electrons. The zero-order valence-corrected chi connectivity index (χ0v) is 14.5. The smallest absolute Gasteiger partial charge is 0.329 e. The van der Waals surface area contributed by atoms with Gasteiger partial charge in [-0.3, -0.25) is 9.59 Å². The fourth-order valence-electron chi connectivity index (χ4n) is 3.10. The number of esters is 1. The number of hydrogen-bond donors (Lipinski definition) is 0. The van der Waals surface area contributed by atoms with Crippen molar-refractivity contribution < 1.29 is 19.1 Å². The Morgan fingerprint density at radius 1 is 0.923 bits per heavy atom. The largest absolute Gasteiger partial charge is 0.459 e. The summed E-state index contributed by atoms with van der Waals surface area (Å²) in [6.07, 6.45) is 1.26. The molecule has 2 aromatic rings. The van der Waals surface area contributed by atoms with Gasteiger partial charge in [-0.25, -0.2) is 4.79 Å². The minimum Gasteiger partial charge on any atom is -0.459 e. The molecule has 0 radical (unpaired) electrons. The lowest BCUT2D eigenvalue weighted by Gasteiger charge is -2.22. The Kier molecular flexibility index (Phi) is 5.79. The quantitative estimate of drug-likeness (QED) is 0.593. The predicted octanol–water partition coefficient (Wildman–Crippen LogP) is 2.53. The number of nitrogens with zero attached hydrogens (tertiary/aromatic N) is 1. The first-order chi connectivity index (χ1) is 12.6. The lowest BCUT2D eigenvalue weighted by atomic mass is 10.1. The molecule has 0 aromatic heterocycles. The standard InChI is InChI=1S/C21H21NO4/c23-19(14-16-8-3-1-4-9-16)20(24)22-13-7-12-18(22)21(25)26-15-17-10-5-2-6-11-17/h1-6,8-11,18H,7,12-15H2/t18-/m1/s1. The summed E-state index contributed by atoms with van der Waals surface area (Å²) in [6, 6.07) is 17.8. The van der Waals surface area contributed by atoms with Crippen molar-refractivity contribution >= 4 is 17.7 Å². The normalized spacial score (nSPS) is 16.3. The maximum absolute atomic E-state index is 12.5. The Balaban J connectivity index is 1.59. The molecule has 5 nitrogen and oxygen atoms in total. The van der Waals surface area contributed by atoms with E-state index in [2.05, 4.69) is 0 Å². The van der Waals surface area contributed by atoms with Gasteiger partial charge in [0.15, 0.2) is 0 Å². The number of hydrogen-bond acceptors (Lipinski definition) is 4. The van der Waals surface area contributed by atoms with Crippen LogP contribution in [0.4, 0.5) is 0 Å². The van der Waals surface area contributed by atoms with Crippen LogP contribution in [0.15, 0.2) is 60.7 Å². The number of ketones is 1. The van der Waals surface area contributed by atoms with Crippen LogP contribution in [0, 0.1) is 0 Å². The Labute approximate surface area is 152 Å². The van der Waals surface area contributed by atoms with Crippen LogP contribution >= 0.6 is 0 Å². The summed E-state index contributed by atoms with van der Waals surface area (Å²) < 4.78 is 5.35. The maximum atomic E-state index is 12.5. The van der Waals surface area contributed by atoms with Gasteiger partial charge in [-0.15, -0.1) is 0 Å². The summed E-state index contributed by atoms with van der Waals surface area (Å²) in [7, 11) is 0. The molecular formula is C21H21NO4. The third-order valence-electron chi connectivity index (χ3n) is 4.46. The van der Waals surface area contributed by atoms with Gasteiger partial charge in [0.2, 0.25) is 5.78 Å². The Morgan fingerprint density at radius 2 is 1.54 bits per heavy atom. The van der Waals surface area contributed by atoms with Crippen LogP contribution < -0.4 is 0 Å². The minimum atomic E-state index is -0.675. The molecule has 1 aliphatic heterocycles. The molecule has 0 N–H and O–H groups in total. The second-order valence-corrected chi connectivity index (χ2v) is 6.34. The number of ether oxygens (including phenoxy) is 1. The molecule has 0 unspecified atom stereocenters. The number of Topliss-reactive ketones (excluding diaryl/α,β-unsaturated/α-hetero) is 1. The van der Waals surface area contributed by atoms with Gasteiger partial charge in [-0.05, 0) is 24.0 Å². The van der Waals surface area contributed by atoms with Crippen molar-refractivity contribution in [3.8, 4) is 0 Å². The molecule has 1 saturated heterocycles. The van der Waals surface area contributed by atoms with E-state index in [0.29, 0.717) is 19.4 Å². The number of rotatable bonds is 6. The number of likely N-dealkylation sites (tertiary alicyclic amines) is 1. The summed E-state index contributed by atoms with van der Waals surface area (Å²) in [5.74, 6) is -1.56. The number of benzene rings is 2. The van der Waals surface area contributed by atoms with Crippen LogP contribution in [0.2, 0.25) is 0 Å². The van der Waals surface area contributed by atoms with Crippen LogP contribution in [-0.4, -0.2) is 35.1 Å². The highest BCUT2D eigenvalue weighted by atomic mass is 16.5. The summed E-state index contributed by atoms with van der Waals surface area (Å²) in [5.41, 5.74) is 1.67. The summed E-state index contributed by atoms with van der Waals surface area (Å²) in [5, 5.41) is 0. The van der Waals surface area contributed by atoms with Gasteiger partial charge >= 0.3 is 5.97 Å². The second-order valence-electron chi connectivity index (χ2n) is 6.34. The van der Waals surface area contributed by atoms with Crippen LogP contribution in [0.1, 0.15) is 24.0 Å². The van der Waals surface area contributed by atoms with Crippen molar-refractivity contribution in [2.24, 2.45) is 0 Å². The molecule has 3 rings (SSSR count). The van der Waals surface area contributed by atoms with Gasteiger partial charge in [-0.1, -0.05) is 60.7 Å². The molecule has 1 heterocycles. The minimum absolute atomic E-state index is 0.0436. The third kappa shape index (κ3) is 4.36. The van der Waals surface area contributed by atoms with E-state index in [9.17, 15) is 14.4 Å². The molecule has 26 heavy (non-hydrogen) atoms. The number of carbonyl (C=O) groups excluding carboxylic acids is 3.